The number of aryl methyl sites for hydroxylation is 1. The predicted octanol–water partition coefficient (Wildman–Crippen LogP) is 5.13. The van der Waals surface area contributed by atoms with Gasteiger partial charge in [-0.15, -0.1) is 11.3 Å². The third kappa shape index (κ3) is 2.36. The molecule has 2 heterocycles. The summed E-state index contributed by atoms with van der Waals surface area (Å²) in [6.07, 6.45) is 0.902. The van der Waals surface area contributed by atoms with Crippen LogP contribution in [0.1, 0.15) is 42.5 Å². The van der Waals surface area contributed by atoms with Crippen molar-refractivity contribution in [2.45, 2.75) is 33.1 Å². The summed E-state index contributed by atoms with van der Waals surface area (Å²) >= 11 is 7.66. The molecule has 0 radical (unpaired) electrons. The maximum absolute atomic E-state index is 11.7. The number of halogens is 1. The van der Waals surface area contributed by atoms with Crippen LogP contribution < -0.4 is 0 Å². The number of fused-ring (bicyclic) bond motifs is 1. The molecule has 0 saturated heterocycles. The number of carbonyl (C=O) groups excluding carboxylic acids is 1. The van der Waals surface area contributed by atoms with Gasteiger partial charge in [-0.1, -0.05) is 38.4 Å². The maximum Gasteiger partial charge on any atom is 0.195 e. The first kappa shape index (κ1) is 15.3. The zero-order chi connectivity index (χ0) is 16.1. The molecule has 2 aromatic heterocycles. The van der Waals surface area contributed by atoms with E-state index in [4.69, 9.17) is 11.6 Å². The minimum Gasteiger partial charge on any atom is -0.296 e. The van der Waals surface area contributed by atoms with Crippen LogP contribution in [-0.4, -0.2) is 15.7 Å². The van der Waals surface area contributed by atoms with Crippen molar-refractivity contribution in [2.24, 2.45) is 0 Å². The monoisotopic (exact) mass is 332 g/mol. The lowest BCUT2D eigenvalue weighted by Crippen LogP contribution is -2.14. The van der Waals surface area contributed by atoms with Gasteiger partial charge in [0.05, 0.1) is 11.4 Å². The van der Waals surface area contributed by atoms with E-state index < -0.39 is 0 Å². The quantitative estimate of drug-likeness (QED) is 0.609. The Morgan fingerprint density at radius 1 is 1.32 bits per heavy atom. The molecular weight excluding hydrogens is 316 g/mol. The molecule has 3 nitrogen and oxygen atoms in total. The van der Waals surface area contributed by atoms with E-state index in [-0.39, 0.29) is 5.41 Å². The number of aromatic nitrogens is 2. The Balaban J connectivity index is 2.29. The third-order valence-electron chi connectivity index (χ3n) is 3.67. The Labute approximate surface area is 138 Å². The largest absolute Gasteiger partial charge is 0.296 e. The Hall–Kier alpha value is -1.65. The number of hydrogen-bond acceptors (Lipinski definition) is 3. The van der Waals surface area contributed by atoms with Gasteiger partial charge in [0, 0.05) is 15.8 Å². The van der Waals surface area contributed by atoms with Crippen LogP contribution in [-0.2, 0) is 5.41 Å². The number of hydrogen-bond donors (Lipinski definition) is 0. The lowest BCUT2D eigenvalue weighted by Gasteiger charge is -2.16. The lowest BCUT2D eigenvalue weighted by atomic mass is 9.91. The fourth-order valence-electron chi connectivity index (χ4n) is 2.55. The zero-order valence-electron chi connectivity index (χ0n) is 13.0. The second kappa shape index (κ2) is 5.21. The molecule has 3 aromatic rings. The summed E-state index contributed by atoms with van der Waals surface area (Å²) < 4.78 is 1.95. The summed E-state index contributed by atoms with van der Waals surface area (Å²) in [6.45, 7) is 8.18. The lowest BCUT2D eigenvalue weighted by molar-refractivity contribution is 0.111. The zero-order valence-corrected chi connectivity index (χ0v) is 14.5. The van der Waals surface area contributed by atoms with E-state index in [9.17, 15) is 4.79 Å². The van der Waals surface area contributed by atoms with Crippen LogP contribution in [0.2, 0.25) is 5.02 Å². The molecule has 0 saturated carbocycles. The summed E-state index contributed by atoms with van der Waals surface area (Å²) in [5.41, 5.74) is 4.32. The summed E-state index contributed by atoms with van der Waals surface area (Å²) in [5, 5.41) is 2.77. The van der Waals surface area contributed by atoms with E-state index in [1.807, 2.05) is 34.9 Å². The first-order chi connectivity index (χ1) is 10.3. The van der Waals surface area contributed by atoms with Gasteiger partial charge in [-0.25, -0.2) is 4.98 Å². The van der Waals surface area contributed by atoms with E-state index in [1.54, 1.807) is 11.3 Å². The number of aldehydes is 1. The molecule has 1 aromatic carbocycles. The van der Waals surface area contributed by atoms with Crippen molar-refractivity contribution in [3.8, 4) is 11.3 Å². The Kier molecular flexibility index (Phi) is 3.62. The van der Waals surface area contributed by atoms with Gasteiger partial charge >= 0.3 is 0 Å². The fraction of sp³-hybridized carbons (Fsp3) is 0.294. The highest BCUT2D eigenvalue weighted by atomic mass is 35.5. The molecule has 0 spiro atoms. The summed E-state index contributed by atoms with van der Waals surface area (Å²) in [5.74, 6) is 0. The molecule has 114 valence electrons. The molecule has 0 aliphatic carbocycles. The van der Waals surface area contributed by atoms with Gasteiger partial charge in [0.2, 0.25) is 0 Å². The van der Waals surface area contributed by atoms with Crippen molar-refractivity contribution in [3.63, 3.8) is 0 Å². The van der Waals surface area contributed by atoms with E-state index in [0.717, 1.165) is 38.8 Å². The summed E-state index contributed by atoms with van der Waals surface area (Å²) in [7, 11) is 0. The Morgan fingerprint density at radius 2 is 2.05 bits per heavy atom. The average molecular weight is 333 g/mol. The fourth-order valence-corrected chi connectivity index (χ4v) is 3.57. The van der Waals surface area contributed by atoms with Crippen LogP contribution in [0.3, 0.4) is 0 Å². The maximum atomic E-state index is 11.7. The topological polar surface area (TPSA) is 34.4 Å². The van der Waals surface area contributed by atoms with Crippen LogP contribution in [0.15, 0.2) is 23.6 Å². The van der Waals surface area contributed by atoms with Gasteiger partial charge in [-0.2, -0.15) is 0 Å². The molecule has 0 aliphatic heterocycles. The second-order valence-corrected chi connectivity index (χ2v) is 7.66. The highest BCUT2D eigenvalue weighted by Gasteiger charge is 2.25. The number of nitrogens with zero attached hydrogens (tertiary/aromatic N) is 2. The van der Waals surface area contributed by atoms with Crippen LogP contribution in [0.5, 0.6) is 0 Å². The van der Waals surface area contributed by atoms with E-state index in [0.29, 0.717) is 5.69 Å². The van der Waals surface area contributed by atoms with E-state index in [2.05, 4.69) is 25.8 Å². The van der Waals surface area contributed by atoms with Gasteiger partial charge in [-0.3, -0.25) is 9.20 Å². The van der Waals surface area contributed by atoms with Crippen molar-refractivity contribution in [3.05, 3.63) is 45.6 Å². The molecule has 22 heavy (non-hydrogen) atoms. The highest BCUT2D eigenvalue weighted by molar-refractivity contribution is 7.15. The first-order valence-electron chi connectivity index (χ1n) is 7.05. The Bertz CT molecular complexity index is 871. The van der Waals surface area contributed by atoms with Crippen LogP contribution in [0.4, 0.5) is 0 Å². The van der Waals surface area contributed by atoms with Gasteiger partial charge in [0.15, 0.2) is 11.2 Å². The molecule has 0 unspecified atom stereocenters. The van der Waals surface area contributed by atoms with Crippen molar-refractivity contribution in [1.82, 2.24) is 9.38 Å². The van der Waals surface area contributed by atoms with Gasteiger partial charge in [0.1, 0.15) is 5.69 Å². The number of benzene rings is 1. The molecule has 0 aliphatic rings. The Morgan fingerprint density at radius 3 is 2.64 bits per heavy atom. The number of imidazole rings is 1. The number of carbonyl (C=O) groups is 1. The molecule has 0 amide bonds. The van der Waals surface area contributed by atoms with Crippen LogP contribution in [0, 0.1) is 6.92 Å². The standard InChI is InChI=1S/C17H17ClN2OS/c1-10-7-11(5-6-12(10)18)14-9-22-16-19-15(17(2,3)4)13(8-21)20(14)16/h5-9H,1-4H3. The molecule has 0 atom stereocenters. The molecular formula is C17H17ClN2OS. The van der Waals surface area contributed by atoms with E-state index >= 15 is 0 Å². The second-order valence-electron chi connectivity index (χ2n) is 6.42. The van der Waals surface area contributed by atoms with Gasteiger partial charge in [-0.05, 0) is 30.2 Å². The van der Waals surface area contributed by atoms with Crippen LogP contribution >= 0.6 is 22.9 Å². The minimum absolute atomic E-state index is 0.171. The van der Waals surface area contributed by atoms with Gasteiger partial charge in [0.25, 0.3) is 0 Å². The average Bonchev–Trinajstić information content (AvgIpc) is 2.99. The molecule has 5 heteroatoms. The van der Waals surface area contributed by atoms with Crippen molar-refractivity contribution in [1.29, 1.82) is 0 Å². The predicted molar refractivity (Wildman–Crippen MR) is 92.3 cm³/mol. The number of rotatable bonds is 2. The third-order valence-corrected chi connectivity index (χ3v) is 4.92. The molecule has 0 bridgehead atoms. The number of thiazole rings is 1. The highest BCUT2D eigenvalue weighted by Crippen LogP contribution is 2.33. The molecule has 3 rings (SSSR count). The molecule has 0 fully saturated rings. The van der Waals surface area contributed by atoms with Crippen LogP contribution in [0.25, 0.3) is 16.2 Å². The summed E-state index contributed by atoms with van der Waals surface area (Å²) in [6, 6.07) is 5.90. The minimum atomic E-state index is -0.171. The van der Waals surface area contributed by atoms with Crippen molar-refractivity contribution >= 4 is 34.2 Å². The SMILES string of the molecule is Cc1cc(-c2csc3nc(C(C)(C)C)c(C=O)n23)ccc1Cl. The first-order valence-corrected chi connectivity index (χ1v) is 8.31. The smallest absolute Gasteiger partial charge is 0.195 e. The van der Waals surface area contributed by atoms with Gasteiger partial charge < -0.3 is 0 Å². The van der Waals surface area contributed by atoms with E-state index in [1.165, 1.54) is 0 Å². The van der Waals surface area contributed by atoms with Crippen molar-refractivity contribution < 1.29 is 4.79 Å². The molecule has 0 N–H and O–H groups in total. The summed E-state index contributed by atoms with van der Waals surface area (Å²) in [4.78, 5) is 17.2. The normalized spacial score (nSPS) is 12.0. The van der Waals surface area contributed by atoms with Crippen molar-refractivity contribution in [2.75, 3.05) is 0 Å².